The fraction of sp³-hybridized carbons (Fsp3) is 0.636. The van der Waals surface area contributed by atoms with Crippen molar-refractivity contribution in [3.05, 3.63) is 17.1 Å². The van der Waals surface area contributed by atoms with Crippen LogP contribution in [0.5, 0.6) is 0 Å². The summed E-state index contributed by atoms with van der Waals surface area (Å²) in [6, 6.07) is 0. The van der Waals surface area contributed by atoms with Gasteiger partial charge >= 0.3 is 6.18 Å². The molecule has 0 fully saturated rings. The van der Waals surface area contributed by atoms with Crippen molar-refractivity contribution in [3.8, 4) is 0 Å². The lowest BCUT2D eigenvalue weighted by atomic mass is 10.2. The highest BCUT2D eigenvalue weighted by molar-refractivity contribution is 7.89. The van der Waals surface area contributed by atoms with Crippen molar-refractivity contribution in [2.24, 2.45) is 0 Å². The van der Waals surface area contributed by atoms with Crippen molar-refractivity contribution in [3.63, 3.8) is 0 Å². The third-order valence-corrected chi connectivity index (χ3v) is 4.91. The van der Waals surface area contributed by atoms with Gasteiger partial charge in [0.1, 0.15) is 23.0 Å². The average molecular weight is 315 g/mol. The van der Waals surface area contributed by atoms with E-state index in [9.17, 15) is 26.7 Å². The fourth-order valence-corrected chi connectivity index (χ4v) is 3.77. The standard InChI is InChI=1S/C11H16F3NO4S/c1-4-15(6-11(12,13)14)20(17,18)10-8(3)19-7(2)9(10)5-16/h16H,4-6H2,1-3H3. The van der Waals surface area contributed by atoms with E-state index in [4.69, 9.17) is 4.42 Å². The maximum absolute atomic E-state index is 12.4. The summed E-state index contributed by atoms with van der Waals surface area (Å²) in [5.41, 5.74) is -0.0110. The lowest BCUT2D eigenvalue weighted by molar-refractivity contribution is -0.135. The van der Waals surface area contributed by atoms with E-state index in [0.29, 0.717) is 4.31 Å². The van der Waals surface area contributed by atoms with Crippen molar-refractivity contribution in [1.82, 2.24) is 4.31 Å². The summed E-state index contributed by atoms with van der Waals surface area (Å²) in [7, 11) is -4.38. The molecule has 0 radical (unpaired) electrons. The maximum Gasteiger partial charge on any atom is 0.402 e. The number of aryl methyl sites for hydroxylation is 2. The van der Waals surface area contributed by atoms with Crippen LogP contribution in [0.2, 0.25) is 0 Å². The second-order valence-corrected chi connectivity index (χ2v) is 6.10. The number of halogens is 3. The fourth-order valence-electron chi connectivity index (χ4n) is 1.93. The molecule has 1 rings (SSSR count). The van der Waals surface area contributed by atoms with Crippen LogP contribution in [-0.2, 0) is 16.6 Å². The van der Waals surface area contributed by atoms with Crippen LogP contribution in [0, 0.1) is 13.8 Å². The molecule has 9 heteroatoms. The van der Waals surface area contributed by atoms with Gasteiger partial charge in [-0.1, -0.05) is 6.92 Å². The molecule has 0 atom stereocenters. The van der Waals surface area contributed by atoms with Gasteiger partial charge in [-0.2, -0.15) is 17.5 Å². The lowest BCUT2D eigenvalue weighted by Gasteiger charge is -2.22. The van der Waals surface area contributed by atoms with E-state index in [1.54, 1.807) is 0 Å². The molecule has 0 saturated carbocycles. The van der Waals surface area contributed by atoms with Crippen LogP contribution in [0.1, 0.15) is 24.0 Å². The van der Waals surface area contributed by atoms with Gasteiger partial charge in [0.15, 0.2) is 0 Å². The largest absolute Gasteiger partial charge is 0.465 e. The van der Waals surface area contributed by atoms with Gasteiger partial charge < -0.3 is 9.52 Å². The summed E-state index contributed by atoms with van der Waals surface area (Å²) in [6.07, 6.45) is -4.64. The van der Waals surface area contributed by atoms with Crippen LogP contribution >= 0.6 is 0 Å². The molecule has 1 aromatic rings. The van der Waals surface area contributed by atoms with Crippen molar-refractivity contribution >= 4 is 10.0 Å². The van der Waals surface area contributed by atoms with Gasteiger partial charge in [0, 0.05) is 12.1 Å². The van der Waals surface area contributed by atoms with Crippen LogP contribution in [0.25, 0.3) is 0 Å². The highest BCUT2D eigenvalue weighted by Crippen LogP contribution is 2.30. The van der Waals surface area contributed by atoms with E-state index in [0.717, 1.165) is 0 Å². The number of aliphatic hydroxyl groups is 1. The molecular formula is C11H16F3NO4S. The lowest BCUT2D eigenvalue weighted by Crippen LogP contribution is -2.39. The summed E-state index contributed by atoms with van der Waals surface area (Å²) in [6.45, 7) is 1.54. The Kier molecular flexibility index (Phi) is 4.88. The Hall–Kier alpha value is -1.06. The van der Waals surface area contributed by atoms with E-state index in [1.807, 2.05) is 0 Å². The number of hydrogen-bond donors (Lipinski definition) is 1. The van der Waals surface area contributed by atoms with Gasteiger partial charge in [0.05, 0.1) is 6.61 Å². The summed E-state index contributed by atoms with van der Waals surface area (Å²) in [5.74, 6) is 0.138. The zero-order valence-corrected chi connectivity index (χ0v) is 12.1. The molecule has 20 heavy (non-hydrogen) atoms. The Morgan fingerprint density at radius 1 is 1.25 bits per heavy atom. The molecule has 1 N–H and O–H groups in total. The number of alkyl halides is 3. The predicted molar refractivity (Wildman–Crippen MR) is 64.6 cm³/mol. The first-order valence-electron chi connectivity index (χ1n) is 5.81. The molecule has 0 aliphatic carbocycles. The topological polar surface area (TPSA) is 70.8 Å². The highest BCUT2D eigenvalue weighted by atomic mass is 32.2. The first kappa shape index (κ1) is 17.0. The first-order chi connectivity index (χ1) is 9.04. The molecule has 0 amide bonds. The Bertz CT molecular complexity index is 577. The van der Waals surface area contributed by atoms with E-state index in [-0.39, 0.29) is 28.5 Å². The van der Waals surface area contributed by atoms with Crippen molar-refractivity contribution in [2.45, 2.75) is 38.4 Å². The number of rotatable bonds is 5. The Morgan fingerprint density at radius 3 is 2.20 bits per heavy atom. The second kappa shape index (κ2) is 5.74. The van der Waals surface area contributed by atoms with Crippen molar-refractivity contribution < 1.29 is 31.1 Å². The third kappa shape index (κ3) is 3.33. The van der Waals surface area contributed by atoms with Gasteiger partial charge in [0.25, 0.3) is 0 Å². The Balaban J connectivity index is 3.35. The molecule has 0 aliphatic heterocycles. The monoisotopic (exact) mass is 315 g/mol. The highest BCUT2D eigenvalue weighted by Gasteiger charge is 2.38. The molecule has 0 aromatic carbocycles. The molecule has 1 heterocycles. The zero-order valence-electron chi connectivity index (χ0n) is 11.3. The summed E-state index contributed by atoms with van der Waals surface area (Å²) in [4.78, 5) is -0.386. The molecule has 5 nitrogen and oxygen atoms in total. The molecule has 0 aliphatic rings. The predicted octanol–water partition coefficient (Wildman–Crippen LogP) is 1.96. The second-order valence-electron chi connectivity index (χ2n) is 4.23. The van der Waals surface area contributed by atoms with E-state index < -0.39 is 29.4 Å². The molecule has 0 bridgehead atoms. The van der Waals surface area contributed by atoms with Crippen LogP contribution in [0.3, 0.4) is 0 Å². The minimum Gasteiger partial charge on any atom is -0.465 e. The first-order valence-corrected chi connectivity index (χ1v) is 7.25. The molecule has 116 valence electrons. The van der Waals surface area contributed by atoms with Crippen LogP contribution < -0.4 is 0 Å². The van der Waals surface area contributed by atoms with E-state index >= 15 is 0 Å². The van der Waals surface area contributed by atoms with Gasteiger partial charge in [0.2, 0.25) is 10.0 Å². The number of sulfonamides is 1. The Morgan fingerprint density at radius 2 is 1.80 bits per heavy atom. The summed E-state index contributed by atoms with van der Waals surface area (Å²) < 4.78 is 67.4. The SMILES string of the molecule is CCN(CC(F)(F)F)S(=O)(=O)c1c(C)oc(C)c1CO. The van der Waals surface area contributed by atoms with Gasteiger partial charge in [-0.3, -0.25) is 0 Å². The van der Waals surface area contributed by atoms with Crippen molar-refractivity contribution in [2.75, 3.05) is 13.1 Å². The van der Waals surface area contributed by atoms with Crippen molar-refractivity contribution in [1.29, 1.82) is 0 Å². The summed E-state index contributed by atoms with van der Waals surface area (Å²) >= 11 is 0. The van der Waals surface area contributed by atoms with Gasteiger partial charge in [-0.15, -0.1) is 0 Å². The number of furan rings is 1. The van der Waals surface area contributed by atoms with Gasteiger partial charge in [-0.25, -0.2) is 8.42 Å². The third-order valence-electron chi connectivity index (χ3n) is 2.79. The Labute approximate surface area is 115 Å². The summed E-state index contributed by atoms with van der Waals surface area (Å²) in [5, 5.41) is 9.20. The molecular weight excluding hydrogens is 299 g/mol. The zero-order chi connectivity index (χ0) is 15.7. The number of hydrogen-bond acceptors (Lipinski definition) is 4. The number of aliphatic hydroxyl groups excluding tert-OH is 1. The minimum atomic E-state index is -4.64. The van der Waals surface area contributed by atoms with E-state index in [1.165, 1.54) is 20.8 Å². The van der Waals surface area contributed by atoms with Crippen LogP contribution in [-0.4, -0.2) is 37.1 Å². The molecule has 0 unspecified atom stereocenters. The smallest absolute Gasteiger partial charge is 0.402 e. The molecule has 0 spiro atoms. The quantitative estimate of drug-likeness (QED) is 0.902. The minimum absolute atomic E-state index is 0.0110. The molecule has 0 saturated heterocycles. The average Bonchev–Trinajstić information content (AvgIpc) is 2.59. The number of nitrogens with zero attached hydrogens (tertiary/aromatic N) is 1. The van der Waals surface area contributed by atoms with Gasteiger partial charge in [-0.05, 0) is 13.8 Å². The normalized spacial score (nSPS) is 13.2. The molecule has 1 aromatic heterocycles. The maximum atomic E-state index is 12.4. The van der Waals surface area contributed by atoms with Crippen LogP contribution in [0.15, 0.2) is 9.31 Å². The van der Waals surface area contributed by atoms with Crippen LogP contribution in [0.4, 0.5) is 13.2 Å². The van der Waals surface area contributed by atoms with E-state index in [2.05, 4.69) is 0 Å².